The first-order valence-corrected chi connectivity index (χ1v) is 8.34. The molecule has 0 fully saturated rings. The molecule has 20 heavy (non-hydrogen) atoms. The van der Waals surface area contributed by atoms with Crippen molar-refractivity contribution >= 4 is 0 Å². The Kier molecular flexibility index (Phi) is 5.86. The molecule has 0 aliphatic rings. The average Bonchev–Trinajstić information content (AvgIpc) is 2.45. The largest absolute Gasteiger partial charge is 0.0651 e. The van der Waals surface area contributed by atoms with Crippen molar-refractivity contribution in [3.63, 3.8) is 0 Å². The monoisotopic (exact) mass is 274 g/mol. The van der Waals surface area contributed by atoms with Crippen LogP contribution in [-0.2, 0) is 10.8 Å². The van der Waals surface area contributed by atoms with Gasteiger partial charge in [-0.25, -0.2) is 0 Å². The molecule has 1 rings (SSSR count). The van der Waals surface area contributed by atoms with Crippen LogP contribution in [0, 0.1) is 5.92 Å². The standard InChI is InChI=1S/C20H34/c1-8-16(3)14-15-20(6,7)18-12-10-17(11-13-18)19(4,5)9-2/h10-13,16H,8-9,14-15H2,1-7H3. The fourth-order valence-electron chi connectivity index (χ4n) is 2.53. The van der Waals surface area contributed by atoms with Crippen molar-refractivity contribution < 1.29 is 0 Å². The third-order valence-electron chi connectivity index (χ3n) is 5.29. The van der Waals surface area contributed by atoms with Crippen molar-refractivity contribution in [3.8, 4) is 0 Å². The van der Waals surface area contributed by atoms with Crippen LogP contribution in [0.25, 0.3) is 0 Å². The second-order valence-electron chi connectivity index (χ2n) is 7.75. The van der Waals surface area contributed by atoms with E-state index in [0.717, 1.165) is 5.92 Å². The minimum absolute atomic E-state index is 0.290. The molecule has 0 spiro atoms. The minimum atomic E-state index is 0.290. The zero-order chi connectivity index (χ0) is 15.4. The van der Waals surface area contributed by atoms with E-state index in [1.165, 1.54) is 36.8 Å². The summed E-state index contributed by atoms with van der Waals surface area (Å²) in [6.07, 6.45) is 5.08. The van der Waals surface area contributed by atoms with Crippen LogP contribution in [-0.4, -0.2) is 0 Å². The van der Waals surface area contributed by atoms with E-state index in [-0.39, 0.29) is 5.41 Å². The first-order valence-electron chi connectivity index (χ1n) is 8.34. The normalized spacial score (nSPS) is 14.3. The molecular weight excluding hydrogens is 240 g/mol. The first kappa shape index (κ1) is 17.3. The van der Waals surface area contributed by atoms with Crippen molar-refractivity contribution in [2.75, 3.05) is 0 Å². The van der Waals surface area contributed by atoms with Crippen LogP contribution in [0.4, 0.5) is 0 Å². The quantitative estimate of drug-likeness (QED) is 0.534. The number of hydrogen-bond acceptors (Lipinski definition) is 0. The maximum atomic E-state index is 2.38. The SMILES string of the molecule is CCC(C)CCC(C)(C)c1ccc(C(C)(C)CC)cc1. The summed E-state index contributed by atoms with van der Waals surface area (Å²) < 4.78 is 0. The third-order valence-corrected chi connectivity index (χ3v) is 5.29. The van der Waals surface area contributed by atoms with E-state index >= 15 is 0 Å². The maximum Gasteiger partial charge on any atom is -0.0103 e. The summed E-state index contributed by atoms with van der Waals surface area (Å²) >= 11 is 0. The highest BCUT2D eigenvalue weighted by Gasteiger charge is 2.23. The first-order chi connectivity index (χ1) is 9.23. The van der Waals surface area contributed by atoms with Gasteiger partial charge < -0.3 is 0 Å². The molecule has 0 nitrogen and oxygen atoms in total. The molecule has 0 aromatic heterocycles. The lowest BCUT2D eigenvalue weighted by Crippen LogP contribution is -2.20. The Labute approximate surface area is 127 Å². The lowest BCUT2D eigenvalue weighted by atomic mass is 9.76. The highest BCUT2D eigenvalue weighted by atomic mass is 14.3. The average molecular weight is 274 g/mol. The summed E-state index contributed by atoms with van der Waals surface area (Å²) in [5.74, 6) is 0.840. The molecule has 0 amide bonds. The molecule has 0 heteroatoms. The molecule has 0 saturated heterocycles. The van der Waals surface area contributed by atoms with Crippen molar-refractivity contribution in [1.82, 2.24) is 0 Å². The van der Waals surface area contributed by atoms with Gasteiger partial charge in [-0.3, -0.25) is 0 Å². The smallest absolute Gasteiger partial charge is 0.0103 e. The van der Waals surface area contributed by atoms with E-state index in [2.05, 4.69) is 72.7 Å². The molecule has 0 aliphatic heterocycles. The molecule has 0 saturated carbocycles. The topological polar surface area (TPSA) is 0 Å². The molecular formula is C20H34. The Morgan fingerprint density at radius 1 is 0.850 bits per heavy atom. The van der Waals surface area contributed by atoms with Gasteiger partial charge in [0.15, 0.2) is 0 Å². The van der Waals surface area contributed by atoms with Crippen LogP contribution in [0.2, 0.25) is 0 Å². The van der Waals surface area contributed by atoms with E-state index in [9.17, 15) is 0 Å². The molecule has 1 aromatic carbocycles. The molecule has 1 aromatic rings. The molecule has 0 heterocycles. The van der Waals surface area contributed by atoms with Crippen LogP contribution in [0.15, 0.2) is 24.3 Å². The maximum absolute atomic E-state index is 2.38. The molecule has 0 radical (unpaired) electrons. The minimum Gasteiger partial charge on any atom is -0.0651 e. The Hall–Kier alpha value is -0.780. The van der Waals surface area contributed by atoms with Gasteiger partial charge in [0.1, 0.15) is 0 Å². The summed E-state index contributed by atoms with van der Waals surface area (Å²) in [5.41, 5.74) is 3.52. The van der Waals surface area contributed by atoms with Crippen LogP contribution in [0.3, 0.4) is 0 Å². The fraction of sp³-hybridized carbons (Fsp3) is 0.700. The Balaban J connectivity index is 2.81. The van der Waals surface area contributed by atoms with E-state index in [1.807, 2.05) is 0 Å². The molecule has 0 N–H and O–H groups in total. The number of rotatable bonds is 7. The second kappa shape index (κ2) is 6.78. The van der Waals surface area contributed by atoms with E-state index in [1.54, 1.807) is 0 Å². The van der Waals surface area contributed by atoms with Gasteiger partial charge in [-0.2, -0.15) is 0 Å². The summed E-state index contributed by atoms with van der Waals surface area (Å²) in [7, 11) is 0. The second-order valence-corrected chi connectivity index (χ2v) is 7.75. The van der Waals surface area contributed by atoms with E-state index in [0.29, 0.717) is 5.41 Å². The predicted molar refractivity (Wildman–Crippen MR) is 91.5 cm³/mol. The van der Waals surface area contributed by atoms with E-state index < -0.39 is 0 Å². The van der Waals surface area contributed by atoms with Crippen molar-refractivity contribution in [2.24, 2.45) is 5.92 Å². The van der Waals surface area contributed by atoms with Gasteiger partial charge >= 0.3 is 0 Å². The van der Waals surface area contributed by atoms with Gasteiger partial charge in [0.2, 0.25) is 0 Å². The van der Waals surface area contributed by atoms with E-state index in [4.69, 9.17) is 0 Å². The lowest BCUT2D eigenvalue weighted by Gasteiger charge is -2.29. The predicted octanol–water partition coefficient (Wildman–Crippen LogP) is 6.48. The van der Waals surface area contributed by atoms with Crippen molar-refractivity contribution in [1.29, 1.82) is 0 Å². The third kappa shape index (κ3) is 4.36. The molecule has 0 bridgehead atoms. The van der Waals surface area contributed by atoms with Gasteiger partial charge in [-0.15, -0.1) is 0 Å². The van der Waals surface area contributed by atoms with Gasteiger partial charge in [0.25, 0.3) is 0 Å². The van der Waals surface area contributed by atoms with Crippen molar-refractivity contribution in [3.05, 3.63) is 35.4 Å². The summed E-state index contributed by atoms with van der Waals surface area (Å²) in [6.45, 7) is 16.4. The molecule has 1 unspecified atom stereocenters. The molecule has 1 atom stereocenters. The lowest BCUT2D eigenvalue weighted by molar-refractivity contribution is 0.393. The van der Waals surface area contributed by atoms with Crippen LogP contribution >= 0.6 is 0 Å². The fourth-order valence-corrected chi connectivity index (χ4v) is 2.53. The highest BCUT2D eigenvalue weighted by Crippen LogP contribution is 2.33. The zero-order valence-corrected chi connectivity index (χ0v) is 14.7. The Morgan fingerprint density at radius 3 is 1.70 bits per heavy atom. The van der Waals surface area contributed by atoms with Crippen LogP contribution < -0.4 is 0 Å². The van der Waals surface area contributed by atoms with Crippen LogP contribution in [0.1, 0.15) is 85.3 Å². The summed E-state index contributed by atoms with van der Waals surface area (Å²) in [6, 6.07) is 9.38. The van der Waals surface area contributed by atoms with Gasteiger partial charge in [0, 0.05) is 0 Å². The molecule has 0 aliphatic carbocycles. The van der Waals surface area contributed by atoms with Gasteiger partial charge in [0.05, 0.1) is 0 Å². The number of hydrogen-bond donors (Lipinski definition) is 0. The highest BCUT2D eigenvalue weighted by molar-refractivity contribution is 5.31. The number of benzene rings is 1. The van der Waals surface area contributed by atoms with Gasteiger partial charge in [-0.1, -0.05) is 79.2 Å². The van der Waals surface area contributed by atoms with Gasteiger partial charge in [-0.05, 0) is 47.1 Å². The Bertz CT molecular complexity index is 395. The summed E-state index contributed by atoms with van der Waals surface area (Å²) in [4.78, 5) is 0. The molecule has 114 valence electrons. The van der Waals surface area contributed by atoms with Crippen molar-refractivity contribution in [2.45, 2.75) is 85.0 Å². The van der Waals surface area contributed by atoms with Crippen LogP contribution in [0.5, 0.6) is 0 Å². The zero-order valence-electron chi connectivity index (χ0n) is 14.7. The summed E-state index contributed by atoms with van der Waals surface area (Å²) in [5, 5.41) is 0. The Morgan fingerprint density at radius 2 is 1.30 bits per heavy atom.